The van der Waals surface area contributed by atoms with Gasteiger partial charge in [0.2, 0.25) is 53.2 Å². The van der Waals surface area contributed by atoms with Gasteiger partial charge < -0.3 is 86.9 Å². The van der Waals surface area contributed by atoms with Gasteiger partial charge >= 0.3 is 11.9 Å². The zero-order chi connectivity index (χ0) is 49.3. The number of guanidine groups is 1. The van der Waals surface area contributed by atoms with Crippen LogP contribution in [0.2, 0.25) is 0 Å². The summed E-state index contributed by atoms with van der Waals surface area (Å²) < 4.78 is 0. The largest absolute Gasteiger partial charge is 0.481 e. The SMILES string of the molecule is CC(NC(=O)C(N)CCC(=O)O)C(=O)NC(CC(N)=O)C(=O)NC(CCC(N)=O)C(=O)NC(CCCN=C(N)N)C(=O)NC(C)C(=O)NC(C(=O)NC(CCCCN)C(=O)O)C(C)O. The number of nitrogens with two attached hydrogens (primary N) is 6. The predicted octanol–water partition coefficient (Wildman–Crippen LogP) is -7.60. The molecule has 9 unspecified atom stereocenters. The fourth-order valence-electron chi connectivity index (χ4n) is 5.45. The first kappa shape index (κ1) is 57.3. The second kappa shape index (κ2) is 29.6. The Morgan fingerprint density at radius 2 is 1.02 bits per heavy atom. The second-order valence-electron chi connectivity index (χ2n) is 14.7. The van der Waals surface area contributed by atoms with Crippen LogP contribution in [0.5, 0.6) is 0 Å². The Kier molecular flexibility index (Phi) is 26.5. The first-order chi connectivity index (χ1) is 29.8. The van der Waals surface area contributed by atoms with Crippen molar-refractivity contribution in [1.29, 1.82) is 0 Å². The number of amides is 9. The molecule has 0 heterocycles. The van der Waals surface area contributed by atoms with E-state index in [2.05, 4.69) is 42.2 Å². The molecule has 0 fully saturated rings. The average molecular weight is 917 g/mol. The molecule has 64 heavy (non-hydrogen) atoms. The molecule has 28 nitrogen and oxygen atoms in total. The Balaban J connectivity index is 6.28. The Hall–Kier alpha value is -6.68. The lowest BCUT2D eigenvalue weighted by molar-refractivity contribution is -0.143. The number of primary amides is 2. The summed E-state index contributed by atoms with van der Waals surface area (Å²) in [5, 5.41) is 44.6. The first-order valence-electron chi connectivity index (χ1n) is 20.1. The van der Waals surface area contributed by atoms with E-state index in [-0.39, 0.29) is 44.7 Å². The number of carbonyl (C=O) groups is 11. The van der Waals surface area contributed by atoms with Crippen LogP contribution >= 0.6 is 0 Å². The quantitative estimate of drug-likeness (QED) is 0.0169. The molecule has 0 aromatic carbocycles. The van der Waals surface area contributed by atoms with Crippen molar-refractivity contribution in [3.63, 3.8) is 0 Å². The molecule has 0 spiro atoms. The van der Waals surface area contributed by atoms with Crippen molar-refractivity contribution in [2.45, 2.75) is 139 Å². The van der Waals surface area contributed by atoms with Crippen molar-refractivity contribution in [2.75, 3.05) is 13.1 Å². The van der Waals surface area contributed by atoms with E-state index in [1.54, 1.807) is 0 Å². The van der Waals surface area contributed by atoms with Crippen molar-refractivity contribution < 1.29 is 68.1 Å². The molecule has 0 saturated carbocycles. The Morgan fingerprint density at radius 1 is 0.531 bits per heavy atom. The molecule has 362 valence electrons. The van der Waals surface area contributed by atoms with Crippen molar-refractivity contribution >= 4 is 71.1 Å². The third kappa shape index (κ3) is 23.5. The zero-order valence-electron chi connectivity index (χ0n) is 35.9. The number of carboxylic acids is 2. The molecule has 9 atom stereocenters. The highest BCUT2D eigenvalue weighted by molar-refractivity contribution is 5.98. The molecule has 28 heteroatoms. The zero-order valence-corrected chi connectivity index (χ0v) is 35.9. The van der Waals surface area contributed by atoms with Crippen LogP contribution in [0.15, 0.2) is 4.99 Å². The van der Waals surface area contributed by atoms with Gasteiger partial charge in [-0.05, 0) is 72.3 Å². The van der Waals surface area contributed by atoms with E-state index in [4.69, 9.17) is 39.5 Å². The number of nitrogens with one attached hydrogen (secondary N) is 7. The van der Waals surface area contributed by atoms with Gasteiger partial charge in [0, 0.05) is 19.4 Å². The van der Waals surface area contributed by atoms with Crippen molar-refractivity contribution in [1.82, 2.24) is 37.2 Å². The summed E-state index contributed by atoms with van der Waals surface area (Å²) in [5.41, 5.74) is 32.4. The molecule has 0 aliphatic rings. The maximum Gasteiger partial charge on any atom is 0.326 e. The smallest absolute Gasteiger partial charge is 0.326 e. The maximum absolute atomic E-state index is 13.7. The normalized spacial score (nSPS) is 15.0. The number of rotatable bonds is 32. The van der Waals surface area contributed by atoms with Gasteiger partial charge in [-0.1, -0.05) is 0 Å². The van der Waals surface area contributed by atoms with E-state index in [0.717, 1.165) is 6.92 Å². The molecule has 0 aromatic rings. The Labute approximate surface area is 367 Å². The van der Waals surface area contributed by atoms with Gasteiger partial charge in [0.15, 0.2) is 5.96 Å². The van der Waals surface area contributed by atoms with Crippen LogP contribution in [0, 0.1) is 0 Å². The summed E-state index contributed by atoms with van der Waals surface area (Å²) >= 11 is 0. The lowest BCUT2D eigenvalue weighted by Crippen LogP contribution is -2.60. The van der Waals surface area contributed by atoms with Gasteiger partial charge in [-0.15, -0.1) is 0 Å². The molecular weight excluding hydrogens is 852 g/mol. The number of hydrogen-bond donors (Lipinski definition) is 16. The highest BCUT2D eigenvalue weighted by atomic mass is 16.4. The van der Waals surface area contributed by atoms with Gasteiger partial charge in [0.1, 0.15) is 42.3 Å². The number of hydrogen-bond acceptors (Lipinski definition) is 15. The molecule has 0 rings (SSSR count). The summed E-state index contributed by atoms with van der Waals surface area (Å²) in [6, 6.07) is -12.2. The number of aliphatic imine (C=N–C) groups is 1. The van der Waals surface area contributed by atoms with Gasteiger partial charge in [-0.2, -0.15) is 0 Å². The topological polar surface area (TPSA) is 501 Å². The summed E-state index contributed by atoms with van der Waals surface area (Å²) in [5.74, 6) is -12.1. The average Bonchev–Trinajstić information content (AvgIpc) is 3.19. The fourth-order valence-corrected chi connectivity index (χ4v) is 5.45. The number of aliphatic hydroxyl groups is 1. The number of aliphatic hydroxyl groups excluding tert-OH is 1. The third-order valence-electron chi connectivity index (χ3n) is 9.06. The monoisotopic (exact) mass is 916 g/mol. The summed E-state index contributed by atoms with van der Waals surface area (Å²) in [6.07, 6.45) is -3.38. The van der Waals surface area contributed by atoms with E-state index in [9.17, 15) is 63.0 Å². The van der Waals surface area contributed by atoms with Gasteiger partial charge in [-0.25, -0.2) is 4.79 Å². The van der Waals surface area contributed by atoms with Gasteiger partial charge in [-0.3, -0.25) is 52.9 Å². The van der Waals surface area contributed by atoms with Crippen LogP contribution in [-0.4, -0.2) is 154 Å². The summed E-state index contributed by atoms with van der Waals surface area (Å²) in [6.45, 7) is 3.78. The van der Waals surface area contributed by atoms with E-state index in [1.165, 1.54) is 13.8 Å². The highest BCUT2D eigenvalue weighted by Gasteiger charge is 2.34. The molecule has 0 aliphatic carbocycles. The molecule has 0 aliphatic heterocycles. The predicted molar refractivity (Wildman–Crippen MR) is 224 cm³/mol. The van der Waals surface area contributed by atoms with Gasteiger partial charge in [0.05, 0.1) is 18.6 Å². The minimum absolute atomic E-state index is 0.00905. The molecule has 0 saturated heterocycles. The summed E-state index contributed by atoms with van der Waals surface area (Å²) in [4.78, 5) is 142. The second-order valence-corrected chi connectivity index (χ2v) is 14.7. The minimum atomic E-state index is -1.77. The Morgan fingerprint density at radius 3 is 1.52 bits per heavy atom. The Bertz CT molecular complexity index is 1690. The van der Waals surface area contributed by atoms with E-state index >= 15 is 0 Å². The maximum atomic E-state index is 13.7. The molecule has 0 radical (unpaired) electrons. The van der Waals surface area contributed by atoms with Crippen molar-refractivity contribution in [3.8, 4) is 0 Å². The number of carboxylic acid groups (broad SMARTS) is 2. The van der Waals surface area contributed by atoms with Crippen molar-refractivity contribution in [2.24, 2.45) is 39.4 Å². The van der Waals surface area contributed by atoms with Crippen molar-refractivity contribution in [3.05, 3.63) is 0 Å². The lowest BCUT2D eigenvalue weighted by Gasteiger charge is -2.27. The van der Waals surface area contributed by atoms with Gasteiger partial charge in [0.25, 0.3) is 0 Å². The van der Waals surface area contributed by atoms with E-state index < -0.39 is 145 Å². The molecule has 0 bridgehead atoms. The number of carbonyl (C=O) groups excluding carboxylic acids is 9. The van der Waals surface area contributed by atoms with E-state index in [0.29, 0.717) is 12.8 Å². The number of unbranched alkanes of at least 4 members (excludes halogenated alkanes) is 1. The summed E-state index contributed by atoms with van der Waals surface area (Å²) in [7, 11) is 0. The van der Waals surface area contributed by atoms with Crippen LogP contribution in [0.4, 0.5) is 0 Å². The highest BCUT2D eigenvalue weighted by Crippen LogP contribution is 2.07. The lowest BCUT2D eigenvalue weighted by atomic mass is 10.1. The molecule has 0 aromatic heterocycles. The van der Waals surface area contributed by atoms with Crippen LogP contribution < -0.4 is 71.6 Å². The molecule has 22 N–H and O–H groups in total. The molecule has 9 amide bonds. The van der Waals surface area contributed by atoms with E-state index in [1.807, 2.05) is 0 Å². The number of nitrogens with zero attached hydrogens (tertiary/aromatic N) is 1. The standard InChI is InChI=1S/C36H64N14O14/c1-16(44-30(58)19(38)9-12-26(54)55)28(56)49-23(15-25(40)53)33(61)47-21(10-11-24(39)52)32(60)46-20(8-6-14-43-36(41)42)31(59)45-17(2)29(57)50-27(18(3)51)34(62)48-22(35(63)64)7-4-5-13-37/h16-23,27,51H,4-15,37-38H2,1-3H3,(H2,39,52)(H2,40,53)(H,44,58)(H,45,59)(H,46,60)(H,47,61)(H,48,62)(H,49,56)(H,50,57)(H,54,55)(H,63,64)(H4,41,42,43). The molecular formula is C36H64N14O14. The minimum Gasteiger partial charge on any atom is -0.481 e. The third-order valence-corrected chi connectivity index (χ3v) is 9.06. The van der Waals surface area contributed by atoms with Crippen LogP contribution in [-0.2, 0) is 52.7 Å². The van der Waals surface area contributed by atoms with Crippen LogP contribution in [0.25, 0.3) is 0 Å². The number of aliphatic carboxylic acids is 2. The fraction of sp³-hybridized carbons (Fsp3) is 0.667. The first-order valence-corrected chi connectivity index (χ1v) is 20.1. The van der Waals surface area contributed by atoms with Crippen LogP contribution in [0.3, 0.4) is 0 Å². The van der Waals surface area contributed by atoms with Crippen LogP contribution in [0.1, 0.15) is 85.0 Å².